The molecule has 1 aromatic carbocycles. The van der Waals surface area contributed by atoms with Gasteiger partial charge in [0.1, 0.15) is 0 Å². The Bertz CT molecular complexity index is 898. The lowest BCUT2D eigenvalue weighted by molar-refractivity contribution is -0.141. The van der Waals surface area contributed by atoms with Crippen LogP contribution in [0.1, 0.15) is 77.3 Å². The van der Waals surface area contributed by atoms with Gasteiger partial charge in [-0.2, -0.15) is 18.3 Å². The minimum atomic E-state index is -4.51. The van der Waals surface area contributed by atoms with E-state index in [0.717, 1.165) is 44.2 Å². The van der Waals surface area contributed by atoms with Gasteiger partial charge in [0.15, 0.2) is 0 Å². The predicted octanol–water partition coefficient (Wildman–Crippen LogP) is 4.62. The van der Waals surface area contributed by atoms with Crippen molar-refractivity contribution in [2.24, 2.45) is 16.4 Å². The number of rotatable bonds is 7. The van der Waals surface area contributed by atoms with Crippen LogP contribution in [0.3, 0.4) is 0 Å². The SMILES string of the molecule is CC(=NNC(=O)C(=O)C(CC(C)(C)C)NC(=O)C1CCCCC1)c1cccc(C(F)(F)F)c1. The normalized spacial score (nSPS) is 16.8. The predicted molar refractivity (Wildman–Crippen MR) is 119 cm³/mol. The maximum Gasteiger partial charge on any atom is 0.416 e. The van der Waals surface area contributed by atoms with Gasteiger partial charge >= 0.3 is 12.1 Å². The molecule has 6 nitrogen and oxygen atoms in total. The van der Waals surface area contributed by atoms with Crippen molar-refractivity contribution in [1.29, 1.82) is 0 Å². The van der Waals surface area contributed by atoms with Gasteiger partial charge in [0.05, 0.1) is 17.3 Å². The van der Waals surface area contributed by atoms with Crippen LogP contribution in [0.4, 0.5) is 13.2 Å². The second-order valence-corrected chi connectivity index (χ2v) is 9.74. The smallest absolute Gasteiger partial charge is 0.345 e. The van der Waals surface area contributed by atoms with E-state index >= 15 is 0 Å². The first-order chi connectivity index (χ1) is 15.3. The van der Waals surface area contributed by atoms with Gasteiger partial charge in [0, 0.05) is 5.92 Å². The summed E-state index contributed by atoms with van der Waals surface area (Å²) in [4.78, 5) is 38.0. The maximum atomic E-state index is 12.9. The summed E-state index contributed by atoms with van der Waals surface area (Å²) in [7, 11) is 0. The molecule has 0 heterocycles. The highest BCUT2D eigenvalue weighted by Crippen LogP contribution is 2.29. The summed E-state index contributed by atoms with van der Waals surface area (Å²) in [6.45, 7) is 7.12. The van der Waals surface area contributed by atoms with Crippen molar-refractivity contribution in [1.82, 2.24) is 10.7 Å². The molecule has 1 aliphatic carbocycles. The summed E-state index contributed by atoms with van der Waals surface area (Å²) in [5.41, 5.74) is 1.22. The van der Waals surface area contributed by atoms with Gasteiger partial charge in [-0.25, -0.2) is 5.43 Å². The fourth-order valence-electron chi connectivity index (χ4n) is 3.81. The molecule has 1 aromatic rings. The molecule has 1 saturated carbocycles. The number of amides is 2. The zero-order valence-electron chi connectivity index (χ0n) is 19.5. The summed E-state index contributed by atoms with van der Waals surface area (Å²) in [6.07, 6.45) is 0.268. The van der Waals surface area contributed by atoms with Gasteiger partial charge in [0.25, 0.3) is 0 Å². The van der Waals surface area contributed by atoms with Crippen molar-refractivity contribution in [2.75, 3.05) is 0 Å². The van der Waals surface area contributed by atoms with E-state index in [1.807, 2.05) is 20.8 Å². The average molecular weight is 468 g/mol. The molecule has 0 aromatic heterocycles. The Morgan fingerprint density at radius 1 is 1.09 bits per heavy atom. The number of hydrogen-bond acceptors (Lipinski definition) is 4. The van der Waals surface area contributed by atoms with E-state index in [9.17, 15) is 27.6 Å². The Kier molecular flexibility index (Phi) is 8.80. The fraction of sp³-hybridized carbons (Fsp3) is 0.583. The fourth-order valence-corrected chi connectivity index (χ4v) is 3.81. The van der Waals surface area contributed by atoms with Crippen LogP contribution >= 0.6 is 0 Å². The Hall–Kier alpha value is -2.71. The maximum absolute atomic E-state index is 12.9. The summed E-state index contributed by atoms with van der Waals surface area (Å²) >= 11 is 0. The van der Waals surface area contributed by atoms with E-state index in [1.54, 1.807) is 0 Å². The molecule has 0 aliphatic heterocycles. The molecular formula is C24H32F3N3O3. The van der Waals surface area contributed by atoms with Crippen LogP contribution in [0.15, 0.2) is 29.4 Å². The molecule has 1 aliphatic rings. The molecule has 2 N–H and O–H groups in total. The average Bonchev–Trinajstić information content (AvgIpc) is 2.75. The van der Waals surface area contributed by atoms with Gasteiger partial charge in [-0.1, -0.05) is 52.2 Å². The van der Waals surface area contributed by atoms with Gasteiger partial charge < -0.3 is 5.32 Å². The molecule has 0 saturated heterocycles. The molecule has 2 amide bonds. The molecule has 33 heavy (non-hydrogen) atoms. The summed E-state index contributed by atoms with van der Waals surface area (Å²) in [5, 5.41) is 6.55. The van der Waals surface area contributed by atoms with Gasteiger partial charge in [-0.05, 0) is 49.3 Å². The van der Waals surface area contributed by atoms with Crippen LogP contribution in [-0.4, -0.2) is 29.4 Å². The quantitative estimate of drug-likeness (QED) is 0.349. The second-order valence-electron chi connectivity index (χ2n) is 9.74. The molecule has 9 heteroatoms. The zero-order valence-corrected chi connectivity index (χ0v) is 19.5. The third-order valence-electron chi connectivity index (χ3n) is 5.58. The number of carbonyl (C=O) groups excluding carboxylic acids is 3. The lowest BCUT2D eigenvalue weighted by Gasteiger charge is -2.28. The van der Waals surface area contributed by atoms with Crippen molar-refractivity contribution in [3.05, 3.63) is 35.4 Å². The van der Waals surface area contributed by atoms with Gasteiger partial charge in [-0.3, -0.25) is 14.4 Å². The summed E-state index contributed by atoms with van der Waals surface area (Å²) < 4.78 is 38.8. The Labute approximate surface area is 192 Å². The van der Waals surface area contributed by atoms with Crippen LogP contribution in [0, 0.1) is 11.3 Å². The number of halogens is 3. The van der Waals surface area contributed by atoms with E-state index < -0.39 is 29.5 Å². The third kappa shape index (κ3) is 8.29. The first-order valence-electron chi connectivity index (χ1n) is 11.1. The number of ketones is 1. The number of nitrogens with one attached hydrogen (secondary N) is 2. The molecule has 0 bridgehead atoms. The number of benzene rings is 1. The third-order valence-corrected chi connectivity index (χ3v) is 5.58. The molecule has 1 atom stereocenters. The summed E-state index contributed by atoms with van der Waals surface area (Å²) in [6, 6.07) is 3.51. The molecular weight excluding hydrogens is 435 g/mol. The zero-order chi connectivity index (χ0) is 24.8. The highest BCUT2D eigenvalue weighted by atomic mass is 19.4. The minimum Gasteiger partial charge on any atom is -0.345 e. The first kappa shape index (κ1) is 26.5. The monoisotopic (exact) mass is 467 g/mol. The Morgan fingerprint density at radius 2 is 1.73 bits per heavy atom. The number of alkyl halides is 3. The van der Waals surface area contributed by atoms with E-state index in [4.69, 9.17) is 0 Å². The van der Waals surface area contributed by atoms with E-state index in [0.29, 0.717) is 0 Å². The summed E-state index contributed by atoms with van der Waals surface area (Å²) in [5.74, 6) is -2.26. The number of Topliss-reactive ketones (excluding diaryl/α,β-unsaturated/α-hetero) is 1. The number of carbonyl (C=O) groups is 3. The van der Waals surface area contributed by atoms with Crippen molar-refractivity contribution in [2.45, 2.75) is 78.4 Å². The van der Waals surface area contributed by atoms with Crippen LogP contribution in [0.2, 0.25) is 0 Å². The van der Waals surface area contributed by atoms with Crippen LogP contribution in [0.5, 0.6) is 0 Å². The van der Waals surface area contributed by atoms with E-state index in [1.165, 1.54) is 19.1 Å². The van der Waals surface area contributed by atoms with Crippen molar-refractivity contribution >= 4 is 23.3 Å². The van der Waals surface area contributed by atoms with Crippen molar-refractivity contribution < 1.29 is 27.6 Å². The lowest BCUT2D eigenvalue weighted by Crippen LogP contribution is -2.50. The van der Waals surface area contributed by atoms with Gasteiger partial charge in [0.2, 0.25) is 11.7 Å². The highest BCUT2D eigenvalue weighted by molar-refractivity contribution is 6.38. The largest absolute Gasteiger partial charge is 0.416 e. The minimum absolute atomic E-state index is 0.112. The van der Waals surface area contributed by atoms with Crippen LogP contribution in [-0.2, 0) is 20.6 Å². The standard InChI is InChI=1S/C24H32F3N3O3/c1-15(17-11-8-12-18(13-17)24(25,26)27)29-30-22(33)20(31)19(14-23(2,3)4)28-21(32)16-9-6-5-7-10-16/h8,11-13,16,19H,5-7,9-10,14H2,1-4H3,(H,28,32)(H,30,33). The van der Waals surface area contributed by atoms with Crippen molar-refractivity contribution in [3.8, 4) is 0 Å². The Balaban J connectivity index is 2.10. The Morgan fingerprint density at radius 3 is 2.30 bits per heavy atom. The van der Waals surface area contributed by atoms with Crippen LogP contribution in [0.25, 0.3) is 0 Å². The molecule has 2 rings (SSSR count). The number of hydrogen-bond donors (Lipinski definition) is 2. The van der Waals surface area contributed by atoms with Crippen molar-refractivity contribution in [3.63, 3.8) is 0 Å². The highest BCUT2D eigenvalue weighted by Gasteiger charge is 2.33. The van der Waals surface area contributed by atoms with Gasteiger partial charge in [-0.15, -0.1) is 0 Å². The number of nitrogens with zero attached hydrogens (tertiary/aromatic N) is 1. The molecule has 182 valence electrons. The second kappa shape index (κ2) is 10.9. The molecule has 1 fully saturated rings. The first-order valence-corrected chi connectivity index (χ1v) is 11.1. The molecule has 1 unspecified atom stereocenters. The number of hydrazone groups is 1. The van der Waals surface area contributed by atoms with E-state index in [-0.39, 0.29) is 34.9 Å². The molecule has 0 spiro atoms. The lowest BCUT2D eigenvalue weighted by atomic mass is 9.85. The topological polar surface area (TPSA) is 87.6 Å². The van der Waals surface area contributed by atoms with Crippen LogP contribution < -0.4 is 10.7 Å². The molecule has 0 radical (unpaired) electrons. The van der Waals surface area contributed by atoms with E-state index in [2.05, 4.69) is 15.8 Å².